The molecule has 0 saturated heterocycles. The Morgan fingerprint density at radius 3 is 2.70 bits per heavy atom. The molecular weight excluding hydrogens is 268 g/mol. The topological polar surface area (TPSA) is 24.9 Å². The number of hydrogen-bond donors (Lipinski definition) is 1. The van der Waals surface area contributed by atoms with Crippen LogP contribution in [-0.2, 0) is 13.1 Å². The Hall–Kier alpha value is -1.90. The van der Waals surface area contributed by atoms with E-state index in [-0.39, 0.29) is 0 Å². The van der Waals surface area contributed by atoms with E-state index in [0.717, 1.165) is 29.3 Å². The zero-order chi connectivity index (χ0) is 13.8. The van der Waals surface area contributed by atoms with Gasteiger partial charge in [0, 0.05) is 23.5 Å². The van der Waals surface area contributed by atoms with E-state index in [1.807, 2.05) is 36.4 Å². The van der Waals surface area contributed by atoms with Crippen LogP contribution in [0.2, 0.25) is 5.02 Å². The molecule has 1 N–H and O–H groups in total. The number of aromatic nitrogens is 1. The second-order valence-electron chi connectivity index (χ2n) is 4.73. The highest BCUT2D eigenvalue weighted by atomic mass is 35.5. The van der Waals surface area contributed by atoms with Gasteiger partial charge in [-0.25, -0.2) is 0 Å². The van der Waals surface area contributed by atoms with Crippen LogP contribution in [-0.4, -0.2) is 4.98 Å². The number of fused-ring (bicyclic) bond motifs is 1. The molecule has 20 heavy (non-hydrogen) atoms. The van der Waals surface area contributed by atoms with E-state index in [9.17, 15) is 0 Å². The quantitative estimate of drug-likeness (QED) is 0.776. The standard InChI is InChI=1S/C17H15ClN2/c18-15-6-3-4-13(10-15)11-19-12-16-9-8-14-5-1-2-7-17(14)20-16/h1-10,19H,11-12H2. The highest BCUT2D eigenvalue weighted by Gasteiger charge is 1.98. The summed E-state index contributed by atoms with van der Waals surface area (Å²) in [5.74, 6) is 0. The van der Waals surface area contributed by atoms with Gasteiger partial charge in [-0.2, -0.15) is 0 Å². The lowest BCUT2D eigenvalue weighted by atomic mass is 10.2. The van der Waals surface area contributed by atoms with Gasteiger partial charge in [0.15, 0.2) is 0 Å². The molecule has 3 aromatic rings. The van der Waals surface area contributed by atoms with Crippen molar-refractivity contribution in [2.75, 3.05) is 0 Å². The van der Waals surface area contributed by atoms with Gasteiger partial charge in [-0.05, 0) is 29.8 Å². The molecule has 0 saturated carbocycles. The average Bonchev–Trinajstić information content (AvgIpc) is 2.47. The molecule has 0 atom stereocenters. The molecule has 0 amide bonds. The fraction of sp³-hybridized carbons (Fsp3) is 0.118. The van der Waals surface area contributed by atoms with Gasteiger partial charge in [0.25, 0.3) is 0 Å². The summed E-state index contributed by atoms with van der Waals surface area (Å²) < 4.78 is 0. The van der Waals surface area contributed by atoms with Gasteiger partial charge in [-0.1, -0.05) is 48.0 Å². The van der Waals surface area contributed by atoms with Gasteiger partial charge in [0.1, 0.15) is 0 Å². The van der Waals surface area contributed by atoms with E-state index in [4.69, 9.17) is 11.6 Å². The molecule has 0 spiro atoms. The van der Waals surface area contributed by atoms with Gasteiger partial charge in [-0.3, -0.25) is 4.98 Å². The molecule has 3 heteroatoms. The molecule has 0 bridgehead atoms. The Labute approximate surface area is 123 Å². The van der Waals surface area contributed by atoms with Crippen molar-refractivity contribution >= 4 is 22.5 Å². The van der Waals surface area contributed by atoms with Crippen LogP contribution in [0.4, 0.5) is 0 Å². The van der Waals surface area contributed by atoms with Crippen molar-refractivity contribution in [2.24, 2.45) is 0 Å². The minimum Gasteiger partial charge on any atom is -0.307 e. The first-order valence-corrected chi connectivity index (χ1v) is 6.99. The predicted molar refractivity (Wildman–Crippen MR) is 83.7 cm³/mol. The molecule has 2 nitrogen and oxygen atoms in total. The van der Waals surface area contributed by atoms with Crippen LogP contribution < -0.4 is 5.32 Å². The Balaban J connectivity index is 1.65. The van der Waals surface area contributed by atoms with Crippen molar-refractivity contribution < 1.29 is 0 Å². The van der Waals surface area contributed by atoms with Crippen molar-refractivity contribution in [1.29, 1.82) is 0 Å². The van der Waals surface area contributed by atoms with Gasteiger partial charge in [-0.15, -0.1) is 0 Å². The Morgan fingerprint density at radius 1 is 0.900 bits per heavy atom. The van der Waals surface area contributed by atoms with E-state index in [1.54, 1.807) is 0 Å². The summed E-state index contributed by atoms with van der Waals surface area (Å²) in [6.45, 7) is 1.53. The predicted octanol–water partition coefficient (Wildman–Crippen LogP) is 4.18. The molecule has 1 aromatic heterocycles. The third-order valence-corrected chi connectivity index (χ3v) is 3.42. The first-order chi connectivity index (χ1) is 9.81. The number of rotatable bonds is 4. The van der Waals surface area contributed by atoms with E-state index >= 15 is 0 Å². The molecule has 100 valence electrons. The van der Waals surface area contributed by atoms with Gasteiger partial charge in [0.2, 0.25) is 0 Å². The molecule has 0 unspecified atom stereocenters. The third kappa shape index (κ3) is 3.16. The fourth-order valence-corrected chi connectivity index (χ4v) is 2.40. The maximum absolute atomic E-state index is 5.97. The second-order valence-corrected chi connectivity index (χ2v) is 5.17. The Morgan fingerprint density at radius 2 is 1.80 bits per heavy atom. The zero-order valence-electron chi connectivity index (χ0n) is 11.0. The molecule has 0 aliphatic carbocycles. The smallest absolute Gasteiger partial charge is 0.0705 e. The SMILES string of the molecule is Clc1cccc(CNCc2ccc3ccccc3n2)c1. The molecule has 0 aliphatic heterocycles. The van der Waals surface area contributed by atoms with Crippen molar-refractivity contribution in [3.8, 4) is 0 Å². The van der Waals surface area contributed by atoms with Crippen LogP contribution in [0.25, 0.3) is 10.9 Å². The summed E-state index contributed by atoms with van der Waals surface area (Å²) in [5.41, 5.74) is 3.26. The fourth-order valence-electron chi connectivity index (χ4n) is 2.19. The van der Waals surface area contributed by atoms with Crippen molar-refractivity contribution in [3.63, 3.8) is 0 Å². The zero-order valence-corrected chi connectivity index (χ0v) is 11.8. The Bertz CT molecular complexity index is 725. The minimum atomic E-state index is 0.747. The molecule has 0 radical (unpaired) electrons. The lowest BCUT2D eigenvalue weighted by Crippen LogP contribution is -2.13. The van der Waals surface area contributed by atoms with E-state index < -0.39 is 0 Å². The molecule has 1 heterocycles. The van der Waals surface area contributed by atoms with E-state index in [0.29, 0.717) is 0 Å². The molecule has 0 fully saturated rings. The van der Waals surface area contributed by atoms with Gasteiger partial charge < -0.3 is 5.32 Å². The number of halogens is 1. The number of nitrogens with one attached hydrogen (secondary N) is 1. The number of benzene rings is 2. The molecular formula is C17H15ClN2. The first-order valence-electron chi connectivity index (χ1n) is 6.61. The normalized spacial score (nSPS) is 10.8. The van der Waals surface area contributed by atoms with Crippen LogP contribution in [0.1, 0.15) is 11.3 Å². The lowest BCUT2D eigenvalue weighted by Gasteiger charge is -2.06. The van der Waals surface area contributed by atoms with E-state index in [2.05, 4.69) is 34.6 Å². The second kappa shape index (κ2) is 6.04. The molecule has 0 aliphatic rings. The van der Waals surface area contributed by atoms with E-state index in [1.165, 1.54) is 10.9 Å². The Kier molecular flexibility index (Phi) is 3.95. The average molecular weight is 283 g/mol. The highest BCUT2D eigenvalue weighted by molar-refractivity contribution is 6.30. The van der Waals surface area contributed by atoms with Crippen molar-refractivity contribution in [1.82, 2.24) is 10.3 Å². The summed E-state index contributed by atoms with van der Waals surface area (Å²) >= 11 is 5.97. The van der Waals surface area contributed by atoms with Crippen LogP contribution in [0.3, 0.4) is 0 Å². The maximum Gasteiger partial charge on any atom is 0.0705 e. The van der Waals surface area contributed by atoms with Crippen LogP contribution in [0.5, 0.6) is 0 Å². The summed E-state index contributed by atoms with van der Waals surface area (Å²) in [4.78, 5) is 4.64. The number of nitrogens with zero attached hydrogens (tertiary/aromatic N) is 1. The number of para-hydroxylation sites is 1. The maximum atomic E-state index is 5.97. The summed E-state index contributed by atoms with van der Waals surface area (Å²) in [7, 11) is 0. The third-order valence-electron chi connectivity index (χ3n) is 3.18. The molecule has 2 aromatic carbocycles. The van der Waals surface area contributed by atoms with Gasteiger partial charge >= 0.3 is 0 Å². The number of pyridine rings is 1. The van der Waals surface area contributed by atoms with Crippen LogP contribution >= 0.6 is 11.6 Å². The monoisotopic (exact) mass is 282 g/mol. The lowest BCUT2D eigenvalue weighted by molar-refractivity contribution is 0.682. The summed E-state index contributed by atoms with van der Waals surface area (Å²) in [6, 6.07) is 20.2. The summed E-state index contributed by atoms with van der Waals surface area (Å²) in [5, 5.41) is 5.33. The van der Waals surface area contributed by atoms with Crippen LogP contribution in [0, 0.1) is 0 Å². The molecule has 3 rings (SSSR count). The summed E-state index contributed by atoms with van der Waals surface area (Å²) in [6.07, 6.45) is 0. The van der Waals surface area contributed by atoms with Gasteiger partial charge in [0.05, 0.1) is 11.2 Å². The van der Waals surface area contributed by atoms with Crippen LogP contribution in [0.15, 0.2) is 60.7 Å². The van der Waals surface area contributed by atoms with Crippen molar-refractivity contribution in [3.05, 3.63) is 76.9 Å². The first kappa shape index (κ1) is 13.1. The largest absolute Gasteiger partial charge is 0.307 e. The van der Waals surface area contributed by atoms with Crippen molar-refractivity contribution in [2.45, 2.75) is 13.1 Å². The number of hydrogen-bond acceptors (Lipinski definition) is 2. The minimum absolute atomic E-state index is 0.747. The highest BCUT2D eigenvalue weighted by Crippen LogP contribution is 2.12.